The van der Waals surface area contributed by atoms with Gasteiger partial charge in [-0.3, -0.25) is 9.35 Å². The van der Waals surface area contributed by atoms with Gasteiger partial charge in [0.15, 0.2) is 6.29 Å². The van der Waals surface area contributed by atoms with E-state index in [9.17, 15) is 38.2 Å². The van der Waals surface area contributed by atoms with Crippen molar-refractivity contribution in [2.24, 2.45) is 0 Å². The van der Waals surface area contributed by atoms with E-state index in [2.05, 4.69) is 35.5 Å². The van der Waals surface area contributed by atoms with Crippen LogP contribution in [-0.2, 0) is 28.9 Å². The maximum Gasteiger partial charge on any atom is 0.397 e. The fraction of sp³-hybridized carbons (Fsp3) is 0.938. The van der Waals surface area contributed by atoms with Gasteiger partial charge in [0.2, 0.25) is 5.91 Å². The summed E-state index contributed by atoms with van der Waals surface area (Å²) in [6.07, 6.45) is 34.9. The zero-order valence-corrected chi connectivity index (χ0v) is 39.6. The predicted octanol–water partition coefficient (Wildman–Crippen LogP) is 10.3. The van der Waals surface area contributed by atoms with E-state index in [1.165, 1.54) is 148 Å². The van der Waals surface area contributed by atoms with Gasteiger partial charge in [0.05, 0.1) is 25.4 Å². The Balaban J connectivity index is 2.45. The summed E-state index contributed by atoms with van der Waals surface area (Å²) in [6.45, 7) is 3.46. The van der Waals surface area contributed by atoms with Crippen LogP contribution in [0.2, 0.25) is 0 Å². The molecular formula is C48H93NO11S. The SMILES string of the molecule is CCCCCCCC/C=C\CCCCCCCCCC(=O)NC(COC1OC(CO)C(O)C(OS(=O)(=O)O)C1O)C(O)CCCCCCCCCCCCCCCCCCC. The van der Waals surface area contributed by atoms with Crippen LogP contribution in [0.15, 0.2) is 12.2 Å². The largest absolute Gasteiger partial charge is 0.397 e. The van der Waals surface area contributed by atoms with Crippen LogP contribution in [0.3, 0.4) is 0 Å². The van der Waals surface area contributed by atoms with Crippen molar-refractivity contribution < 1.29 is 51.8 Å². The van der Waals surface area contributed by atoms with Crippen molar-refractivity contribution in [3.8, 4) is 0 Å². The molecular weight excluding hydrogens is 799 g/mol. The monoisotopic (exact) mass is 892 g/mol. The Bertz CT molecular complexity index is 1140. The zero-order chi connectivity index (χ0) is 44.8. The van der Waals surface area contributed by atoms with Gasteiger partial charge in [0, 0.05) is 6.42 Å². The van der Waals surface area contributed by atoms with Gasteiger partial charge in [-0.15, -0.1) is 0 Å². The highest BCUT2D eigenvalue weighted by atomic mass is 32.3. The molecule has 13 heteroatoms. The molecule has 12 nitrogen and oxygen atoms in total. The van der Waals surface area contributed by atoms with Crippen LogP contribution in [0.5, 0.6) is 0 Å². The Morgan fingerprint density at radius 2 is 1.05 bits per heavy atom. The zero-order valence-electron chi connectivity index (χ0n) is 38.7. The number of rotatable bonds is 43. The summed E-state index contributed by atoms with van der Waals surface area (Å²) >= 11 is 0. The highest BCUT2D eigenvalue weighted by Gasteiger charge is 2.48. The second-order valence-electron chi connectivity index (χ2n) is 17.8. The molecule has 0 spiro atoms. The molecule has 0 aromatic rings. The van der Waals surface area contributed by atoms with Crippen molar-refractivity contribution in [1.82, 2.24) is 5.32 Å². The van der Waals surface area contributed by atoms with Crippen LogP contribution in [0.4, 0.5) is 0 Å². The first-order valence-electron chi connectivity index (χ1n) is 25.1. The number of carbonyl (C=O) groups excluding carboxylic acids is 1. The smallest absolute Gasteiger partial charge is 0.394 e. The van der Waals surface area contributed by atoms with E-state index in [-0.39, 0.29) is 18.9 Å². The third-order valence-corrected chi connectivity index (χ3v) is 12.5. The number of hydrogen-bond acceptors (Lipinski definition) is 10. The lowest BCUT2D eigenvalue weighted by molar-refractivity contribution is -0.298. The molecule has 1 rings (SSSR count). The number of amides is 1. The van der Waals surface area contributed by atoms with Gasteiger partial charge in [-0.2, -0.15) is 8.42 Å². The molecule has 1 saturated heterocycles. The molecule has 0 aliphatic carbocycles. The van der Waals surface area contributed by atoms with Gasteiger partial charge in [0.25, 0.3) is 0 Å². The second kappa shape index (κ2) is 39.2. The van der Waals surface area contributed by atoms with E-state index in [4.69, 9.17) is 9.47 Å². The van der Waals surface area contributed by atoms with Gasteiger partial charge in [-0.05, 0) is 38.5 Å². The van der Waals surface area contributed by atoms with Crippen LogP contribution >= 0.6 is 0 Å². The molecule has 1 aliphatic heterocycles. The molecule has 0 saturated carbocycles. The van der Waals surface area contributed by atoms with E-state index in [0.29, 0.717) is 12.8 Å². The van der Waals surface area contributed by atoms with Gasteiger partial charge in [0.1, 0.15) is 24.4 Å². The summed E-state index contributed by atoms with van der Waals surface area (Å²) in [4.78, 5) is 13.1. The quantitative estimate of drug-likeness (QED) is 0.0194. The average Bonchev–Trinajstić information content (AvgIpc) is 3.23. The first-order chi connectivity index (χ1) is 29.5. The summed E-state index contributed by atoms with van der Waals surface area (Å²) in [5.41, 5.74) is 0. The number of aliphatic hydroxyl groups is 4. The normalized spacial score (nSPS) is 20.7. The number of ether oxygens (including phenoxy) is 2. The van der Waals surface area contributed by atoms with E-state index in [1.807, 2.05) is 0 Å². The Morgan fingerprint density at radius 1 is 0.639 bits per heavy atom. The van der Waals surface area contributed by atoms with E-state index in [0.717, 1.165) is 51.4 Å². The van der Waals surface area contributed by atoms with Gasteiger partial charge in [-0.25, -0.2) is 4.18 Å². The lowest BCUT2D eigenvalue weighted by Crippen LogP contribution is -2.61. The van der Waals surface area contributed by atoms with Crippen molar-refractivity contribution in [1.29, 1.82) is 0 Å². The van der Waals surface area contributed by atoms with Crippen LogP contribution in [0.1, 0.15) is 232 Å². The second-order valence-corrected chi connectivity index (χ2v) is 18.8. The highest BCUT2D eigenvalue weighted by Crippen LogP contribution is 2.26. The van der Waals surface area contributed by atoms with Crippen molar-refractivity contribution >= 4 is 16.3 Å². The van der Waals surface area contributed by atoms with Crippen LogP contribution < -0.4 is 5.32 Å². The highest BCUT2D eigenvalue weighted by molar-refractivity contribution is 7.80. The van der Waals surface area contributed by atoms with Crippen LogP contribution in [0.25, 0.3) is 0 Å². The molecule has 1 fully saturated rings. The predicted molar refractivity (Wildman–Crippen MR) is 246 cm³/mol. The first kappa shape index (κ1) is 57.9. The van der Waals surface area contributed by atoms with E-state index in [1.54, 1.807) is 0 Å². The lowest BCUT2D eigenvalue weighted by Gasteiger charge is -2.41. The minimum atomic E-state index is -5.08. The van der Waals surface area contributed by atoms with E-state index >= 15 is 0 Å². The number of hydrogen-bond donors (Lipinski definition) is 6. The number of unbranched alkanes of at least 4 members (excludes halogenated alkanes) is 29. The van der Waals surface area contributed by atoms with Crippen molar-refractivity contribution in [3.63, 3.8) is 0 Å². The molecule has 0 aromatic carbocycles. The number of nitrogens with one attached hydrogen (secondary N) is 1. The molecule has 61 heavy (non-hydrogen) atoms. The summed E-state index contributed by atoms with van der Waals surface area (Å²) in [5.74, 6) is -0.232. The maximum atomic E-state index is 13.1. The maximum absolute atomic E-state index is 13.1. The Labute approximate surface area is 372 Å². The molecule has 0 bridgehead atoms. The average molecular weight is 892 g/mol. The Morgan fingerprint density at radius 3 is 1.48 bits per heavy atom. The minimum Gasteiger partial charge on any atom is -0.394 e. The first-order valence-corrected chi connectivity index (χ1v) is 26.4. The fourth-order valence-electron chi connectivity index (χ4n) is 8.16. The Hall–Kier alpha value is -1.16. The number of aliphatic hydroxyl groups excluding tert-OH is 4. The third-order valence-electron chi connectivity index (χ3n) is 12.1. The van der Waals surface area contributed by atoms with Crippen LogP contribution in [0, 0.1) is 0 Å². The summed E-state index contributed by atoms with van der Waals surface area (Å²) < 4.78 is 47.7. The van der Waals surface area contributed by atoms with E-state index < -0.39 is 59.9 Å². The molecule has 1 amide bonds. The summed E-state index contributed by atoms with van der Waals surface area (Å²) in [5, 5.41) is 44.9. The third kappa shape index (κ3) is 32.2. The number of carbonyl (C=O) groups is 1. The molecule has 0 aromatic heterocycles. The van der Waals surface area contributed by atoms with Gasteiger partial charge >= 0.3 is 10.4 Å². The minimum absolute atomic E-state index is 0.232. The molecule has 0 radical (unpaired) electrons. The molecule has 1 heterocycles. The Kier molecular flexibility index (Phi) is 37.2. The molecule has 362 valence electrons. The van der Waals surface area contributed by atoms with Crippen molar-refractivity contribution in [2.75, 3.05) is 13.2 Å². The van der Waals surface area contributed by atoms with Crippen molar-refractivity contribution in [2.45, 2.75) is 275 Å². The number of allylic oxidation sites excluding steroid dienone is 2. The molecule has 7 atom stereocenters. The van der Waals surface area contributed by atoms with Crippen molar-refractivity contribution in [3.05, 3.63) is 12.2 Å². The topological polar surface area (TPSA) is 192 Å². The van der Waals surface area contributed by atoms with Crippen LogP contribution in [-0.4, -0.2) is 95.4 Å². The summed E-state index contributed by atoms with van der Waals surface area (Å²) in [6, 6.07) is -0.857. The van der Waals surface area contributed by atoms with Gasteiger partial charge < -0.3 is 35.2 Å². The summed E-state index contributed by atoms with van der Waals surface area (Å²) in [7, 11) is -5.08. The standard InChI is InChI=1S/C48H93NO11S/c1-3-5-7-9-11-13-15-17-19-21-23-25-27-29-31-33-35-37-42(51)41(40-58-48-46(54)47(60-61(55,56)57)45(53)43(39-50)59-48)49-44(52)38-36-34-32-30-28-26-24-22-20-18-16-14-12-10-8-6-4-2/h18,20,41-43,45-48,50-51,53-54H,3-17,19,21-40H2,1-2H3,(H,49,52)(H,55,56,57)/b20-18-. The molecule has 6 N–H and O–H groups in total. The molecule has 1 aliphatic rings. The lowest BCUT2D eigenvalue weighted by atomic mass is 9.99. The fourth-order valence-corrected chi connectivity index (χ4v) is 8.67. The van der Waals surface area contributed by atoms with Gasteiger partial charge in [-0.1, -0.05) is 199 Å². The molecule has 7 unspecified atom stereocenters.